The van der Waals surface area contributed by atoms with Crippen molar-refractivity contribution in [2.45, 2.75) is 30.2 Å². The standard InChI is InChI=1S/C16H18N2O2S/c1-11-9-13(7-8-15(11)17)21(19,20)18-16-10-14(16)12-5-3-2-4-6-12/h2-9,14,16,18H,10,17H2,1H3. The van der Waals surface area contributed by atoms with E-state index in [-0.39, 0.29) is 16.9 Å². The predicted octanol–water partition coefficient (Wildman–Crippen LogP) is 2.41. The van der Waals surface area contributed by atoms with Crippen LogP contribution in [0.25, 0.3) is 0 Å². The van der Waals surface area contributed by atoms with Crippen molar-refractivity contribution >= 4 is 15.7 Å². The lowest BCUT2D eigenvalue weighted by Crippen LogP contribution is -2.27. The largest absolute Gasteiger partial charge is 0.399 e. The maximum absolute atomic E-state index is 12.4. The maximum Gasteiger partial charge on any atom is 0.240 e. The molecule has 0 bridgehead atoms. The van der Waals surface area contributed by atoms with Crippen molar-refractivity contribution in [3.05, 3.63) is 59.7 Å². The van der Waals surface area contributed by atoms with Gasteiger partial charge in [-0.25, -0.2) is 13.1 Å². The molecule has 3 rings (SSSR count). The molecule has 2 atom stereocenters. The van der Waals surface area contributed by atoms with Gasteiger partial charge in [0.15, 0.2) is 0 Å². The molecule has 4 nitrogen and oxygen atoms in total. The van der Waals surface area contributed by atoms with Crippen LogP contribution in [-0.4, -0.2) is 14.5 Å². The van der Waals surface area contributed by atoms with Crippen LogP contribution in [0.3, 0.4) is 0 Å². The third-order valence-electron chi connectivity index (χ3n) is 3.88. The minimum absolute atomic E-state index is 0.0183. The summed E-state index contributed by atoms with van der Waals surface area (Å²) in [6.45, 7) is 1.80. The molecule has 1 saturated carbocycles. The minimum atomic E-state index is -3.48. The number of hydrogen-bond acceptors (Lipinski definition) is 3. The first-order valence-corrected chi connectivity index (χ1v) is 8.39. The fourth-order valence-corrected chi connectivity index (χ4v) is 3.85. The fraction of sp³-hybridized carbons (Fsp3) is 0.250. The maximum atomic E-state index is 12.4. The van der Waals surface area contributed by atoms with E-state index in [1.807, 2.05) is 30.3 Å². The molecule has 1 aliphatic rings. The van der Waals surface area contributed by atoms with Crippen molar-refractivity contribution in [3.63, 3.8) is 0 Å². The molecule has 0 aliphatic heterocycles. The average molecular weight is 302 g/mol. The van der Waals surface area contributed by atoms with Crippen molar-refractivity contribution < 1.29 is 8.42 Å². The Morgan fingerprint density at radius 1 is 1.14 bits per heavy atom. The monoisotopic (exact) mass is 302 g/mol. The van der Waals surface area contributed by atoms with E-state index < -0.39 is 10.0 Å². The summed E-state index contributed by atoms with van der Waals surface area (Å²) in [5.74, 6) is 0.274. The molecule has 0 radical (unpaired) electrons. The summed E-state index contributed by atoms with van der Waals surface area (Å²) < 4.78 is 27.5. The smallest absolute Gasteiger partial charge is 0.240 e. The molecule has 0 amide bonds. The Bertz CT molecular complexity index is 757. The van der Waals surface area contributed by atoms with Gasteiger partial charge in [0.05, 0.1) is 4.90 Å². The van der Waals surface area contributed by atoms with Gasteiger partial charge in [-0.1, -0.05) is 30.3 Å². The second-order valence-electron chi connectivity index (χ2n) is 5.50. The van der Waals surface area contributed by atoms with Crippen molar-refractivity contribution in [2.24, 2.45) is 0 Å². The van der Waals surface area contributed by atoms with Gasteiger partial charge in [0.25, 0.3) is 0 Å². The lowest BCUT2D eigenvalue weighted by atomic mass is 10.1. The molecule has 0 spiro atoms. The van der Waals surface area contributed by atoms with Crippen LogP contribution < -0.4 is 10.5 Å². The highest BCUT2D eigenvalue weighted by atomic mass is 32.2. The van der Waals surface area contributed by atoms with Crippen LogP contribution in [0.2, 0.25) is 0 Å². The normalized spacial score (nSPS) is 21.2. The minimum Gasteiger partial charge on any atom is -0.399 e. The summed E-state index contributed by atoms with van der Waals surface area (Å²) in [6, 6.07) is 14.7. The second kappa shape index (κ2) is 5.16. The molecule has 0 aromatic heterocycles. The van der Waals surface area contributed by atoms with Gasteiger partial charge in [0, 0.05) is 17.6 Å². The molecule has 21 heavy (non-hydrogen) atoms. The summed E-state index contributed by atoms with van der Waals surface area (Å²) in [5, 5.41) is 0. The Morgan fingerprint density at radius 3 is 2.52 bits per heavy atom. The Kier molecular flexibility index (Phi) is 3.47. The van der Waals surface area contributed by atoms with E-state index in [1.54, 1.807) is 25.1 Å². The van der Waals surface area contributed by atoms with Gasteiger partial charge in [0.2, 0.25) is 10.0 Å². The zero-order valence-corrected chi connectivity index (χ0v) is 12.6. The highest BCUT2D eigenvalue weighted by Gasteiger charge is 2.41. The summed E-state index contributed by atoms with van der Waals surface area (Å²) in [6.07, 6.45) is 0.844. The third kappa shape index (κ3) is 2.94. The van der Waals surface area contributed by atoms with E-state index in [0.29, 0.717) is 5.69 Å². The van der Waals surface area contributed by atoms with Crippen LogP contribution in [-0.2, 0) is 10.0 Å². The lowest BCUT2D eigenvalue weighted by Gasteiger charge is -2.08. The average Bonchev–Trinajstić information content (AvgIpc) is 3.21. The van der Waals surface area contributed by atoms with E-state index in [1.165, 1.54) is 5.56 Å². The van der Waals surface area contributed by atoms with Crippen LogP contribution in [0.5, 0.6) is 0 Å². The van der Waals surface area contributed by atoms with Crippen LogP contribution in [0.1, 0.15) is 23.5 Å². The Hall–Kier alpha value is -1.85. The van der Waals surface area contributed by atoms with Gasteiger partial charge < -0.3 is 5.73 Å². The Morgan fingerprint density at radius 2 is 1.86 bits per heavy atom. The van der Waals surface area contributed by atoms with E-state index in [9.17, 15) is 8.42 Å². The van der Waals surface area contributed by atoms with Crippen LogP contribution in [0, 0.1) is 6.92 Å². The predicted molar refractivity (Wildman–Crippen MR) is 83.5 cm³/mol. The van der Waals surface area contributed by atoms with Gasteiger partial charge in [-0.2, -0.15) is 0 Å². The molecule has 1 fully saturated rings. The molecular formula is C16H18N2O2S. The number of anilines is 1. The molecule has 110 valence electrons. The lowest BCUT2D eigenvalue weighted by molar-refractivity contribution is 0.580. The van der Waals surface area contributed by atoms with Gasteiger partial charge in [-0.15, -0.1) is 0 Å². The van der Waals surface area contributed by atoms with Crippen molar-refractivity contribution in [3.8, 4) is 0 Å². The van der Waals surface area contributed by atoms with Crippen LogP contribution in [0.4, 0.5) is 5.69 Å². The highest BCUT2D eigenvalue weighted by Crippen LogP contribution is 2.41. The summed E-state index contributed by atoms with van der Waals surface area (Å²) in [7, 11) is -3.48. The number of nitrogen functional groups attached to an aromatic ring is 1. The quantitative estimate of drug-likeness (QED) is 0.852. The van der Waals surface area contributed by atoms with E-state index >= 15 is 0 Å². The number of nitrogens with two attached hydrogens (primary N) is 1. The number of nitrogens with one attached hydrogen (secondary N) is 1. The van der Waals surface area contributed by atoms with E-state index in [2.05, 4.69) is 4.72 Å². The number of aryl methyl sites for hydroxylation is 1. The zero-order chi connectivity index (χ0) is 15.0. The summed E-state index contributed by atoms with van der Waals surface area (Å²) >= 11 is 0. The van der Waals surface area contributed by atoms with Gasteiger partial charge in [-0.05, 0) is 42.7 Å². The molecule has 0 heterocycles. The topological polar surface area (TPSA) is 72.2 Å². The summed E-state index contributed by atoms with van der Waals surface area (Å²) in [4.78, 5) is 0.271. The first kappa shape index (κ1) is 14.1. The Balaban J connectivity index is 1.75. The molecule has 2 unspecified atom stereocenters. The molecule has 5 heteroatoms. The van der Waals surface area contributed by atoms with Gasteiger partial charge >= 0.3 is 0 Å². The number of rotatable bonds is 4. The fourth-order valence-electron chi connectivity index (χ4n) is 2.48. The molecular weight excluding hydrogens is 284 g/mol. The van der Waals surface area contributed by atoms with Crippen molar-refractivity contribution in [1.82, 2.24) is 4.72 Å². The van der Waals surface area contributed by atoms with Crippen LogP contribution >= 0.6 is 0 Å². The molecule has 3 N–H and O–H groups in total. The first-order valence-electron chi connectivity index (χ1n) is 6.91. The zero-order valence-electron chi connectivity index (χ0n) is 11.8. The summed E-state index contributed by atoms with van der Waals surface area (Å²) in [5.41, 5.74) is 8.28. The number of sulfonamides is 1. The SMILES string of the molecule is Cc1cc(S(=O)(=O)NC2CC2c2ccccc2)ccc1N. The highest BCUT2D eigenvalue weighted by molar-refractivity contribution is 7.89. The second-order valence-corrected chi connectivity index (χ2v) is 7.21. The third-order valence-corrected chi connectivity index (χ3v) is 5.36. The first-order chi connectivity index (χ1) is 9.97. The van der Waals surface area contributed by atoms with Gasteiger partial charge in [0.1, 0.15) is 0 Å². The number of hydrogen-bond donors (Lipinski definition) is 2. The molecule has 2 aromatic carbocycles. The molecule has 2 aromatic rings. The Labute approximate surface area is 125 Å². The molecule has 0 saturated heterocycles. The number of benzene rings is 2. The van der Waals surface area contributed by atoms with Crippen LogP contribution in [0.15, 0.2) is 53.4 Å². The molecule has 1 aliphatic carbocycles. The van der Waals surface area contributed by atoms with Gasteiger partial charge in [-0.3, -0.25) is 0 Å². The van der Waals surface area contributed by atoms with Crippen molar-refractivity contribution in [1.29, 1.82) is 0 Å². The van der Waals surface area contributed by atoms with E-state index in [0.717, 1.165) is 12.0 Å². The van der Waals surface area contributed by atoms with Crippen molar-refractivity contribution in [2.75, 3.05) is 5.73 Å². The van der Waals surface area contributed by atoms with E-state index in [4.69, 9.17) is 5.73 Å².